The Morgan fingerprint density at radius 1 is 1.10 bits per heavy atom. The summed E-state index contributed by atoms with van der Waals surface area (Å²) in [5.41, 5.74) is 1.19. The standard InChI is InChI=1S/C21H18ClN3O4/c1-3-10-25-20(28)16-9-4-13(11-17(16)21(25)29)19(27)24(2)12-18(26)23-15-7-5-14(22)6-8-15/h3-9,11H,1,10,12H2,2H3,(H,23,26). The largest absolute Gasteiger partial charge is 0.332 e. The predicted molar refractivity (Wildman–Crippen MR) is 109 cm³/mol. The van der Waals surface area contributed by atoms with Crippen molar-refractivity contribution in [1.29, 1.82) is 0 Å². The van der Waals surface area contributed by atoms with Crippen molar-refractivity contribution in [2.75, 3.05) is 25.5 Å². The van der Waals surface area contributed by atoms with Gasteiger partial charge in [0.05, 0.1) is 17.7 Å². The Hall–Kier alpha value is -3.45. The van der Waals surface area contributed by atoms with Gasteiger partial charge in [-0.25, -0.2) is 0 Å². The van der Waals surface area contributed by atoms with Gasteiger partial charge in [-0.05, 0) is 42.5 Å². The lowest BCUT2D eigenvalue weighted by atomic mass is 10.0. The number of rotatable bonds is 6. The van der Waals surface area contributed by atoms with E-state index < -0.39 is 17.7 Å². The van der Waals surface area contributed by atoms with Crippen LogP contribution in [-0.2, 0) is 4.79 Å². The number of amides is 4. The molecule has 0 spiro atoms. The number of nitrogens with one attached hydrogen (secondary N) is 1. The van der Waals surface area contributed by atoms with Gasteiger partial charge in [-0.3, -0.25) is 24.1 Å². The second-order valence-corrected chi connectivity index (χ2v) is 6.92. The molecule has 1 heterocycles. The number of hydrogen-bond donors (Lipinski definition) is 1. The van der Waals surface area contributed by atoms with Crippen molar-refractivity contribution in [3.63, 3.8) is 0 Å². The van der Waals surface area contributed by atoms with Gasteiger partial charge in [0.25, 0.3) is 17.7 Å². The fraction of sp³-hybridized carbons (Fsp3) is 0.143. The maximum absolute atomic E-state index is 12.7. The topological polar surface area (TPSA) is 86.8 Å². The molecule has 7 nitrogen and oxygen atoms in total. The van der Waals surface area contributed by atoms with E-state index in [-0.39, 0.29) is 35.7 Å². The van der Waals surface area contributed by atoms with Crippen LogP contribution in [0.1, 0.15) is 31.1 Å². The van der Waals surface area contributed by atoms with Gasteiger partial charge in [0, 0.05) is 29.9 Å². The molecule has 1 aliphatic heterocycles. The third-order valence-electron chi connectivity index (χ3n) is 4.38. The molecule has 0 atom stereocenters. The minimum Gasteiger partial charge on any atom is -0.332 e. The Kier molecular flexibility index (Phi) is 5.79. The third-order valence-corrected chi connectivity index (χ3v) is 4.64. The molecule has 0 saturated heterocycles. The Labute approximate surface area is 172 Å². The zero-order valence-corrected chi connectivity index (χ0v) is 16.4. The Balaban J connectivity index is 1.70. The number of carbonyl (C=O) groups excluding carboxylic acids is 4. The first-order chi connectivity index (χ1) is 13.8. The second kappa shape index (κ2) is 8.28. The average Bonchev–Trinajstić information content (AvgIpc) is 2.93. The normalized spacial score (nSPS) is 12.6. The molecule has 2 aromatic rings. The van der Waals surface area contributed by atoms with Crippen LogP contribution in [-0.4, -0.2) is 53.6 Å². The van der Waals surface area contributed by atoms with Gasteiger partial charge in [-0.1, -0.05) is 17.7 Å². The summed E-state index contributed by atoms with van der Waals surface area (Å²) >= 11 is 5.81. The summed E-state index contributed by atoms with van der Waals surface area (Å²) in [6.45, 7) is 3.45. The molecule has 0 aromatic heterocycles. The molecular formula is C21H18ClN3O4. The zero-order chi connectivity index (χ0) is 21.1. The maximum Gasteiger partial charge on any atom is 0.261 e. The van der Waals surface area contributed by atoms with Crippen LogP contribution in [0.5, 0.6) is 0 Å². The van der Waals surface area contributed by atoms with Crippen molar-refractivity contribution in [3.05, 3.63) is 76.8 Å². The van der Waals surface area contributed by atoms with Gasteiger partial charge in [0.1, 0.15) is 0 Å². The van der Waals surface area contributed by atoms with Crippen LogP contribution in [0.4, 0.5) is 5.69 Å². The number of likely N-dealkylation sites (N-methyl/N-ethyl adjacent to an activating group) is 1. The van der Waals surface area contributed by atoms with Crippen LogP contribution in [0.15, 0.2) is 55.1 Å². The lowest BCUT2D eigenvalue weighted by molar-refractivity contribution is -0.116. The van der Waals surface area contributed by atoms with E-state index in [1.165, 1.54) is 36.2 Å². The summed E-state index contributed by atoms with van der Waals surface area (Å²) in [6.07, 6.45) is 1.46. The molecule has 29 heavy (non-hydrogen) atoms. The number of imide groups is 1. The van der Waals surface area contributed by atoms with Gasteiger partial charge in [-0.2, -0.15) is 0 Å². The van der Waals surface area contributed by atoms with Gasteiger partial charge in [-0.15, -0.1) is 6.58 Å². The first-order valence-electron chi connectivity index (χ1n) is 8.74. The summed E-state index contributed by atoms with van der Waals surface area (Å²) in [5, 5.41) is 3.22. The molecule has 8 heteroatoms. The molecule has 0 bridgehead atoms. The van der Waals surface area contributed by atoms with Gasteiger partial charge in [0.15, 0.2) is 0 Å². The van der Waals surface area contributed by atoms with Crippen molar-refractivity contribution in [2.45, 2.75) is 0 Å². The zero-order valence-electron chi connectivity index (χ0n) is 15.6. The SMILES string of the molecule is C=CCN1C(=O)c2ccc(C(=O)N(C)CC(=O)Nc3ccc(Cl)cc3)cc2C1=O. The smallest absolute Gasteiger partial charge is 0.261 e. The molecule has 0 unspecified atom stereocenters. The highest BCUT2D eigenvalue weighted by atomic mass is 35.5. The molecule has 0 radical (unpaired) electrons. The lowest BCUT2D eigenvalue weighted by Crippen LogP contribution is -2.35. The highest BCUT2D eigenvalue weighted by Crippen LogP contribution is 2.24. The molecule has 0 fully saturated rings. The quantitative estimate of drug-likeness (QED) is 0.585. The van der Waals surface area contributed by atoms with E-state index in [0.717, 1.165) is 4.90 Å². The summed E-state index contributed by atoms with van der Waals surface area (Å²) in [5.74, 6) is -1.71. The first-order valence-corrected chi connectivity index (χ1v) is 9.11. The van der Waals surface area contributed by atoms with Crippen LogP contribution in [0.25, 0.3) is 0 Å². The van der Waals surface area contributed by atoms with E-state index in [4.69, 9.17) is 11.6 Å². The van der Waals surface area contributed by atoms with E-state index >= 15 is 0 Å². The number of benzene rings is 2. The van der Waals surface area contributed by atoms with Crippen LogP contribution in [0, 0.1) is 0 Å². The number of nitrogens with zero attached hydrogens (tertiary/aromatic N) is 2. The fourth-order valence-electron chi connectivity index (χ4n) is 2.96. The molecule has 148 valence electrons. The molecular weight excluding hydrogens is 394 g/mol. The molecule has 1 aliphatic rings. The Morgan fingerprint density at radius 3 is 2.41 bits per heavy atom. The molecule has 2 aromatic carbocycles. The van der Waals surface area contributed by atoms with Crippen molar-refractivity contribution in [1.82, 2.24) is 9.80 Å². The molecule has 3 rings (SSSR count). The highest BCUT2D eigenvalue weighted by molar-refractivity contribution is 6.30. The summed E-state index contributed by atoms with van der Waals surface area (Å²) in [6, 6.07) is 10.9. The number of anilines is 1. The van der Waals surface area contributed by atoms with E-state index in [1.54, 1.807) is 24.3 Å². The van der Waals surface area contributed by atoms with Gasteiger partial charge < -0.3 is 10.2 Å². The fourth-order valence-corrected chi connectivity index (χ4v) is 3.09. The van der Waals surface area contributed by atoms with E-state index in [9.17, 15) is 19.2 Å². The highest BCUT2D eigenvalue weighted by Gasteiger charge is 2.35. The Bertz CT molecular complexity index is 1020. The van der Waals surface area contributed by atoms with Crippen molar-refractivity contribution in [2.24, 2.45) is 0 Å². The first kappa shape index (κ1) is 20.3. The number of halogens is 1. The molecule has 0 saturated carbocycles. The van der Waals surface area contributed by atoms with Crippen molar-refractivity contribution in [3.8, 4) is 0 Å². The van der Waals surface area contributed by atoms with Crippen molar-refractivity contribution < 1.29 is 19.2 Å². The number of hydrogen-bond acceptors (Lipinski definition) is 4. The number of carbonyl (C=O) groups is 4. The second-order valence-electron chi connectivity index (χ2n) is 6.49. The average molecular weight is 412 g/mol. The van der Waals surface area contributed by atoms with Gasteiger partial charge in [0.2, 0.25) is 5.91 Å². The minimum absolute atomic E-state index is 0.0976. The summed E-state index contributed by atoms with van der Waals surface area (Å²) in [4.78, 5) is 51.8. The van der Waals surface area contributed by atoms with Crippen LogP contribution in [0.2, 0.25) is 5.02 Å². The molecule has 0 aliphatic carbocycles. The van der Waals surface area contributed by atoms with Crippen LogP contribution in [0.3, 0.4) is 0 Å². The maximum atomic E-state index is 12.7. The van der Waals surface area contributed by atoms with E-state index in [1.807, 2.05) is 0 Å². The van der Waals surface area contributed by atoms with Crippen LogP contribution < -0.4 is 5.32 Å². The lowest BCUT2D eigenvalue weighted by Gasteiger charge is -2.17. The summed E-state index contributed by atoms with van der Waals surface area (Å²) in [7, 11) is 1.48. The number of fused-ring (bicyclic) bond motifs is 1. The molecule has 1 N–H and O–H groups in total. The van der Waals surface area contributed by atoms with Gasteiger partial charge >= 0.3 is 0 Å². The van der Waals surface area contributed by atoms with E-state index in [2.05, 4.69) is 11.9 Å². The molecule has 4 amide bonds. The predicted octanol–water partition coefficient (Wildman–Crippen LogP) is 2.83. The van der Waals surface area contributed by atoms with Crippen molar-refractivity contribution >= 4 is 40.9 Å². The summed E-state index contributed by atoms with van der Waals surface area (Å²) < 4.78 is 0. The monoisotopic (exact) mass is 411 g/mol. The van der Waals surface area contributed by atoms with E-state index in [0.29, 0.717) is 10.7 Å². The minimum atomic E-state index is -0.470. The third kappa shape index (κ3) is 4.20. The van der Waals surface area contributed by atoms with Crippen LogP contribution >= 0.6 is 11.6 Å². The Morgan fingerprint density at radius 2 is 1.76 bits per heavy atom.